The number of ether oxygens (including phenoxy) is 1. The zero-order chi connectivity index (χ0) is 22.0. The first-order valence-corrected chi connectivity index (χ1v) is 9.89. The average Bonchev–Trinajstić information content (AvgIpc) is 2.74. The number of benzene rings is 2. The molecule has 0 amide bonds. The molecule has 1 N–H and O–H groups in total. The van der Waals surface area contributed by atoms with Gasteiger partial charge in [-0.1, -0.05) is 24.3 Å². The van der Waals surface area contributed by atoms with E-state index < -0.39 is 11.7 Å². The monoisotopic (exact) mass is 430 g/mol. The lowest BCUT2D eigenvalue weighted by Gasteiger charge is -2.30. The number of hydrogen-bond donors (Lipinski definition) is 1. The molecule has 0 bridgehead atoms. The first-order chi connectivity index (χ1) is 14.9. The van der Waals surface area contributed by atoms with Gasteiger partial charge in [-0.25, -0.2) is 0 Å². The van der Waals surface area contributed by atoms with Crippen LogP contribution in [0.2, 0.25) is 0 Å². The van der Waals surface area contributed by atoms with Crippen LogP contribution in [-0.2, 0) is 11.0 Å². The number of likely N-dealkylation sites (N-methyl/N-ethyl adjacent to an activating group) is 1. The van der Waals surface area contributed by atoms with Gasteiger partial charge < -0.3 is 15.0 Å². The van der Waals surface area contributed by atoms with Gasteiger partial charge in [0.2, 0.25) is 0 Å². The highest BCUT2D eigenvalue weighted by Gasteiger charge is 2.32. The van der Waals surface area contributed by atoms with Crippen LogP contribution in [0.1, 0.15) is 18.4 Å². The molecule has 3 aromatic rings. The third-order valence-electron chi connectivity index (χ3n) is 5.39. The lowest BCUT2D eigenvalue weighted by atomic mass is 10.0. The highest BCUT2D eigenvalue weighted by molar-refractivity contribution is 6.01. The normalized spacial score (nSPS) is 17.5. The molecule has 162 valence electrons. The number of nitrogens with one attached hydrogen (secondary N) is 1. The predicted octanol–water partition coefficient (Wildman–Crippen LogP) is 4.36. The van der Waals surface area contributed by atoms with E-state index in [1.807, 2.05) is 24.3 Å². The van der Waals surface area contributed by atoms with Crippen LogP contribution < -0.4 is 10.1 Å². The molecule has 2 aromatic carbocycles. The molecule has 1 fully saturated rings. The molecule has 1 aromatic heterocycles. The Balaban J connectivity index is 1.78. The molecule has 0 radical (unpaired) electrons. The fraction of sp³-hybridized carbons (Fsp3) is 0.318. The van der Waals surface area contributed by atoms with Crippen molar-refractivity contribution in [1.82, 2.24) is 15.1 Å². The Hall–Kier alpha value is -3.20. The smallest absolute Gasteiger partial charge is 0.416 e. The van der Waals surface area contributed by atoms with E-state index >= 15 is 0 Å². The minimum Gasteiger partial charge on any atom is -0.428 e. The van der Waals surface area contributed by atoms with E-state index in [4.69, 9.17) is 4.74 Å². The van der Waals surface area contributed by atoms with Crippen LogP contribution in [0.5, 0.6) is 5.75 Å². The zero-order valence-corrected chi connectivity index (χ0v) is 16.8. The summed E-state index contributed by atoms with van der Waals surface area (Å²) >= 11 is 0. The number of anilines is 1. The van der Waals surface area contributed by atoms with Crippen molar-refractivity contribution in [2.24, 2.45) is 0 Å². The summed E-state index contributed by atoms with van der Waals surface area (Å²) in [7, 11) is 2.07. The summed E-state index contributed by atoms with van der Waals surface area (Å²) in [4.78, 5) is 13.2. The predicted molar refractivity (Wildman–Crippen MR) is 111 cm³/mol. The maximum absolute atomic E-state index is 13.1. The summed E-state index contributed by atoms with van der Waals surface area (Å²) in [5.74, 6) is 0.392. The van der Waals surface area contributed by atoms with Crippen LogP contribution in [0.4, 0.5) is 19.0 Å². The van der Waals surface area contributed by atoms with E-state index in [9.17, 15) is 18.0 Å². The Morgan fingerprint density at radius 3 is 2.65 bits per heavy atom. The van der Waals surface area contributed by atoms with Gasteiger partial charge in [-0.2, -0.15) is 13.2 Å². The second kappa shape index (κ2) is 8.50. The number of nitrogens with zero attached hydrogens (tertiary/aromatic N) is 3. The molecular formula is C22H21F3N4O2. The molecule has 1 saturated heterocycles. The van der Waals surface area contributed by atoms with Gasteiger partial charge in [0.05, 0.1) is 5.56 Å². The number of carbonyl (C=O) groups excluding carboxylic acids is 1. The molecule has 31 heavy (non-hydrogen) atoms. The van der Waals surface area contributed by atoms with Gasteiger partial charge in [0.1, 0.15) is 11.4 Å². The van der Waals surface area contributed by atoms with Crippen molar-refractivity contribution in [3.8, 4) is 17.0 Å². The zero-order valence-electron chi connectivity index (χ0n) is 16.8. The Morgan fingerprint density at radius 1 is 1.16 bits per heavy atom. The van der Waals surface area contributed by atoms with Gasteiger partial charge in [-0.3, -0.25) is 4.79 Å². The summed E-state index contributed by atoms with van der Waals surface area (Å²) in [6.45, 7) is 2.04. The number of carbonyl (C=O) groups is 1. The maximum Gasteiger partial charge on any atom is 0.416 e. The van der Waals surface area contributed by atoms with Crippen LogP contribution in [-0.4, -0.2) is 47.7 Å². The van der Waals surface area contributed by atoms with E-state index in [2.05, 4.69) is 27.5 Å². The molecule has 1 aliphatic heterocycles. The average molecular weight is 430 g/mol. The fourth-order valence-electron chi connectivity index (χ4n) is 3.93. The number of piperidine rings is 1. The third kappa shape index (κ3) is 4.46. The standard InChI is InChI=1S/C22H21F3N4O2/c1-29-10-4-5-15(12-29)26-21-17-7-3-2-6-16(17)20(27-28-21)18-9-8-14(22(23,24)25)11-19(18)31-13-30/h2-3,6-9,11,13,15H,4-5,10,12H2,1H3,(H,26,28)/t15-/m1/s1. The van der Waals surface area contributed by atoms with Crippen LogP contribution in [0.25, 0.3) is 22.0 Å². The number of fused-ring (bicyclic) bond motifs is 1. The quantitative estimate of drug-likeness (QED) is 0.607. The highest BCUT2D eigenvalue weighted by Crippen LogP contribution is 2.39. The lowest BCUT2D eigenvalue weighted by Crippen LogP contribution is -2.40. The van der Waals surface area contributed by atoms with Crippen molar-refractivity contribution >= 4 is 23.1 Å². The summed E-state index contributed by atoms with van der Waals surface area (Å²) in [6, 6.07) is 10.6. The van der Waals surface area contributed by atoms with Gasteiger partial charge in [0.25, 0.3) is 6.47 Å². The van der Waals surface area contributed by atoms with Gasteiger partial charge in [-0.15, -0.1) is 10.2 Å². The van der Waals surface area contributed by atoms with E-state index in [-0.39, 0.29) is 23.8 Å². The Morgan fingerprint density at radius 2 is 1.94 bits per heavy atom. The molecule has 4 rings (SSSR count). The van der Waals surface area contributed by atoms with Gasteiger partial charge in [-0.05, 0) is 44.6 Å². The van der Waals surface area contributed by atoms with Gasteiger partial charge in [0, 0.05) is 28.9 Å². The Bertz CT molecular complexity index is 1100. The fourth-order valence-corrected chi connectivity index (χ4v) is 3.93. The molecule has 1 atom stereocenters. The molecule has 6 nitrogen and oxygen atoms in total. The van der Waals surface area contributed by atoms with Gasteiger partial charge in [0.15, 0.2) is 5.82 Å². The summed E-state index contributed by atoms with van der Waals surface area (Å²) in [6.07, 6.45) is -2.47. The maximum atomic E-state index is 13.1. The number of likely N-dealkylation sites (tertiary alicyclic amines) is 1. The summed E-state index contributed by atoms with van der Waals surface area (Å²) in [5, 5.41) is 13.6. The first-order valence-electron chi connectivity index (χ1n) is 9.89. The molecular weight excluding hydrogens is 409 g/mol. The van der Waals surface area contributed by atoms with E-state index in [0.29, 0.717) is 16.9 Å². The number of halogens is 3. The van der Waals surface area contributed by atoms with Crippen molar-refractivity contribution < 1.29 is 22.7 Å². The highest BCUT2D eigenvalue weighted by atomic mass is 19.4. The molecule has 0 unspecified atom stereocenters. The summed E-state index contributed by atoms with van der Waals surface area (Å²) in [5.41, 5.74) is -0.315. The third-order valence-corrected chi connectivity index (χ3v) is 5.39. The van der Waals surface area contributed by atoms with E-state index in [1.165, 1.54) is 6.07 Å². The molecule has 0 aliphatic carbocycles. The largest absolute Gasteiger partial charge is 0.428 e. The Labute approximate surface area is 177 Å². The Kier molecular flexibility index (Phi) is 5.77. The number of aromatic nitrogens is 2. The number of rotatable bonds is 5. The van der Waals surface area contributed by atoms with Crippen LogP contribution >= 0.6 is 0 Å². The lowest BCUT2D eigenvalue weighted by molar-refractivity contribution is -0.138. The van der Waals surface area contributed by atoms with Crippen molar-refractivity contribution in [3.05, 3.63) is 48.0 Å². The second-order valence-electron chi connectivity index (χ2n) is 7.61. The molecule has 2 heterocycles. The van der Waals surface area contributed by atoms with Crippen molar-refractivity contribution in [2.45, 2.75) is 25.1 Å². The number of alkyl halides is 3. The van der Waals surface area contributed by atoms with Gasteiger partial charge >= 0.3 is 6.18 Å². The van der Waals surface area contributed by atoms with Crippen LogP contribution in [0.15, 0.2) is 42.5 Å². The van der Waals surface area contributed by atoms with E-state index in [0.717, 1.165) is 43.5 Å². The first kappa shape index (κ1) is 21.0. The van der Waals surface area contributed by atoms with E-state index in [1.54, 1.807) is 0 Å². The SMILES string of the molecule is CN1CCC[C@@H](Nc2nnc(-c3ccc(C(F)(F)F)cc3OC=O)c3ccccc23)C1. The van der Waals surface area contributed by atoms with Crippen LogP contribution in [0.3, 0.4) is 0 Å². The minimum atomic E-state index is -4.56. The minimum absolute atomic E-state index is 0.101. The topological polar surface area (TPSA) is 67.3 Å². The summed E-state index contributed by atoms with van der Waals surface area (Å²) < 4.78 is 44.2. The molecule has 9 heteroatoms. The van der Waals surface area contributed by atoms with Crippen molar-refractivity contribution in [3.63, 3.8) is 0 Å². The number of hydrogen-bond acceptors (Lipinski definition) is 6. The molecule has 0 saturated carbocycles. The van der Waals surface area contributed by atoms with Crippen LogP contribution in [0, 0.1) is 0 Å². The van der Waals surface area contributed by atoms with Crippen molar-refractivity contribution in [2.75, 3.05) is 25.5 Å². The molecule has 1 aliphatic rings. The van der Waals surface area contributed by atoms with Crippen molar-refractivity contribution in [1.29, 1.82) is 0 Å². The molecule has 0 spiro atoms. The second-order valence-corrected chi connectivity index (χ2v) is 7.61.